The minimum absolute atomic E-state index is 0.247. The first kappa shape index (κ1) is 18.2. The summed E-state index contributed by atoms with van der Waals surface area (Å²) >= 11 is 0. The zero-order chi connectivity index (χ0) is 19.1. The van der Waals surface area contributed by atoms with Crippen LogP contribution in [-0.4, -0.2) is 21.8 Å². The lowest BCUT2D eigenvalue weighted by molar-refractivity contribution is 0.0950. The Morgan fingerprint density at radius 1 is 0.815 bits per heavy atom. The first-order chi connectivity index (χ1) is 13.1. The molecule has 0 bridgehead atoms. The maximum atomic E-state index is 12.9. The van der Waals surface area contributed by atoms with Gasteiger partial charge in [-0.2, -0.15) is 0 Å². The Morgan fingerprint density at radius 2 is 1.44 bits per heavy atom. The SMILES string of the molecule is O=C(NCc1ccc(F)cc1)c1cncc(C(=O)NCc2cccnc2)c1. The number of carbonyl (C=O) groups is 2. The summed E-state index contributed by atoms with van der Waals surface area (Å²) in [6.45, 7) is 0.574. The van der Waals surface area contributed by atoms with Crippen LogP contribution in [-0.2, 0) is 13.1 Å². The smallest absolute Gasteiger partial charge is 0.253 e. The molecule has 0 aliphatic heterocycles. The van der Waals surface area contributed by atoms with Gasteiger partial charge in [0.1, 0.15) is 5.82 Å². The molecule has 136 valence electrons. The number of halogens is 1. The fourth-order valence-electron chi connectivity index (χ4n) is 2.36. The molecular weight excluding hydrogens is 347 g/mol. The van der Waals surface area contributed by atoms with Crippen LogP contribution in [0.4, 0.5) is 4.39 Å². The van der Waals surface area contributed by atoms with E-state index < -0.39 is 0 Å². The van der Waals surface area contributed by atoms with E-state index >= 15 is 0 Å². The molecule has 0 aliphatic rings. The van der Waals surface area contributed by atoms with Gasteiger partial charge in [0.05, 0.1) is 11.1 Å². The first-order valence-corrected chi connectivity index (χ1v) is 8.26. The summed E-state index contributed by atoms with van der Waals surface area (Å²) in [5.74, 6) is -1.03. The van der Waals surface area contributed by atoms with Crippen molar-refractivity contribution in [2.45, 2.75) is 13.1 Å². The molecule has 0 fully saturated rings. The zero-order valence-corrected chi connectivity index (χ0v) is 14.4. The van der Waals surface area contributed by atoms with Crippen molar-refractivity contribution in [1.82, 2.24) is 20.6 Å². The van der Waals surface area contributed by atoms with Gasteiger partial charge in [0.25, 0.3) is 11.8 Å². The third kappa shape index (κ3) is 5.18. The maximum absolute atomic E-state index is 12.9. The Labute approximate surface area is 155 Å². The zero-order valence-electron chi connectivity index (χ0n) is 14.4. The largest absolute Gasteiger partial charge is 0.348 e. The summed E-state index contributed by atoms with van der Waals surface area (Å²) in [6.07, 6.45) is 6.11. The lowest BCUT2D eigenvalue weighted by Gasteiger charge is -2.08. The average Bonchev–Trinajstić information content (AvgIpc) is 2.72. The van der Waals surface area contributed by atoms with E-state index in [9.17, 15) is 14.0 Å². The van der Waals surface area contributed by atoms with Gasteiger partial charge in [-0.3, -0.25) is 19.6 Å². The number of amides is 2. The van der Waals surface area contributed by atoms with E-state index in [0.717, 1.165) is 11.1 Å². The third-order valence-corrected chi connectivity index (χ3v) is 3.80. The molecule has 0 aliphatic carbocycles. The van der Waals surface area contributed by atoms with E-state index in [2.05, 4.69) is 20.6 Å². The predicted octanol–water partition coefficient (Wildman–Crippen LogP) is 2.48. The lowest BCUT2D eigenvalue weighted by atomic mass is 10.1. The summed E-state index contributed by atoms with van der Waals surface area (Å²) in [6, 6.07) is 11.0. The summed E-state index contributed by atoms with van der Waals surface area (Å²) in [7, 11) is 0. The number of nitrogens with zero attached hydrogens (tertiary/aromatic N) is 2. The van der Waals surface area contributed by atoms with Gasteiger partial charge in [-0.15, -0.1) is 0 Å². The molecule has 3 rings (SSSR count). The van der Waals surface area contributed by atoms with Gasteiger partial charge in [0.15, 0.2) is 0 Å². The van der Waals surface area contributed by atoms with Crippen LogP contribution in [0.15, 0.2) is 67.3 Å². The van der Waals surface area contributed by atoms with E-state index in [1.54, 1.807) is 30.6 Å². The van der Waals surface area contributed by atoms with Gasteiger partial charge >= 0.3 is 0 Å². The van der Waals surface area contributed by atoms with Crippen molar-refractivity contribution >= 4 is 11.8 Å². The second-order valence-corrected chi connectivity index (χ2v) is 5.82. The van der Waals surface area contributed by atoms with Gasteiger partial charge < -0.3 is 10.6 Å². The Bertz CT molecular complexity index is 930. The summed E-state index contributed by atoms with van der Waals surface area (Å²) in [5, 5.41) is 5.48. The molecule has 2 amide bonds. The topological polar surface area (TPSA) is 84.0 Å². The van der Waals surface area contributed by atoms with Crippen molar-refractivity contribution in [3.63, 3.8) is 0 Å². The Hall–Kier alpha value is -3.61. The van der Waals surface area contributed by atoms with Crippen molar-refractivity contribution in [2.24, 2.45) is 0 Å². The van der Waals surface area contributed by atoms with Crippen LogP contribution < -0.4 is 10.6 Å². The monoisotopic (exact) mass is 364 g/mol. The van der Waals surface area contributed by atoms with Gasteiger partial charge in [0, 0.05) is 37.9 Å². The van der Waals surface area contributed by atoms with Crippen molar-refractivity contribution in [3.05, 3.63) is 95.3 Å². The second kappa shape index (κ2) is 8.66. The highest BCUT2D eigenvalue weighted by Crippen LogP contribution is 2.06. The van der Waals surface area contributed by atoms with E-state index in [0.29, 0.717) is 6.54 Å². The second-order valence-electron chi connectivity index (χ2n) is 5.82. The normalized spacial score (nSPS) is 10.3. The molecule has 3 aromatic rings. The molecule has 0 unspecified atom stereocenters. The van der Waals surface area contributed by atoms with Crippen molar-refractivity contribution in [3.8, 4) is 0 Å². The van der Waals surface area contributed by atoms with Crippen molar-refractivity contribution in [2.75, 3.05) is 0 Å². The molecule has 2 heterocycles. The van der Waals surface area contributed by atoms with Crippen LogP contribution in [0.25, 0.3) is 0 Å². The van der Waals surface area contributed by atoms with E-state index in [1.165, 1.54) is 30.6 Å². The van der Waals surface area contributed by atoms with E-state index in [-0.39, 0.29) is 35.3 Å². The van der Waals surface area contributed by atoms with E-state index in [4.69, 9.17) is 0 Å². The molecule has 27 heavy (non-hydrogen) atoms. The highest BCUT2D eigenvalue weighted by Gasteiger charge is 2.11. The summed E-state index contributed by atoms with van der Waals surface area (Å²) in [4.78, 5) is 32.5. The standard InChI is InChI=1S/C20H17FN4O2/c21-18-5-3-14(4-6-18)10-24-19(26)16-8-17(13-23-12-16)20(27)25-11-15-2-1-7-22-9-15/h1-9,12-13H,10-11H2,(H,24,26)(H,25,27). The van der Waals surface area contributed by atoms with Gasteiger partial charge in [0.2, 0.25) is 0 Å². The van der Waals surface area contributed by atoms with Crippen LogP contribution >= 0.6 is 0 Å². The molecule has 0 spiro atoms. The molecule has 6 nitrogen and oxygen atoms in total. The quantitative estimate of drug-likeness (QED) is 0.704. The average molecular weight is 364 g/mol. The minimum atomic E-state index is -0.367. The number of hydrogen-bond acceptors (Lipinski definition) is 4. The van der Waals surface area contributed by atoms with Crippen molar-refractivity contribution in [1.29, 1.82) is 0 Å². The van der Waals surface area contributed by atoms with E-state index in [1.807, 2.05) is 6.07 Å². The van der Waals surface area contributed by atoms with Crippen LogP contribution in [0, 0.1) is 5.82 Å². The molecule has 0 radical (unpaired) electrons. The molecule has 0 atom stereocenters. The van der Waals surface area contributed by atoms with Gasteiger partial charge in [-0.05, 0) is 35.4 Å². The Kier molecular flexibility index (Phi) is 5.84. The van der Waals surface area contributed by atoms with Crippen LogP contribution in [0.3, 0.4) is 0 Å². The number of hydrogen-bond donors (Lipinski definition) is 2. The highest BCUT2D eigenvalue weighted by molar-refractivity contribution is 5.99. The molecule has 0 saturated carbocycles. The Balaban J connectivity index is 1.59. The first-order valence-electron chi connectivity index (χ1n) is 8.26. The molecule has 2 N–H and O–H groups in total. The van der Waals surface area contributed by atoms with Crippen molar-refractivity contribution < 1.29 is 14.0 Å². The number of benzene rings is 1. The highest BCUT2D eigenvalue weighted by atomic mass is 19.1. The van der Waals surface area contributed by atoms with Crippen LogP contribution in [0.2, 0.25) is 0 Å². The minimum Gasteiger partial charge on any atom is -0.348 e. The fourth-order valence-corrected chi connectivity index (χ4v) is 2.36. The lowest BCUT2D eigenvalue weighted by Crippen LogP contribution is -2.25. The fraction of sp³-hybridized carbons (Fsp3) is 0.100. The molecular formula is C20H17FN4O2. The van der Waals surface area contributed by atoms with Crippen LogP contribution in [0.1, 0.15) is 31.8 Å². The number of pyridine rings is 2. The molecule has 2 aromatic heterocycles. The van der Waals surface area contributed by atoms with Gasteiger partial charge in [-0.1, -0.05) is 18.2 Å². The summed E-state index contributed by atoms with van der Waals surface area (Å²) < 4.78 is 12.9. The summed E-state index contributed by atoms with van der Waals surface area (Å²) in [5.41, 5.74) is 2.19. The van der Waals surface area contributed by atoms with Crippen LogP contribution in [0.5, 0.6) is 0 Å². The maximum Gasteiger partial charge on any atom is 0.253 e. The number of aromatic nitrogens is 2. The number of nitrogens with one attached hydrogen (secondary N) is 2. The number of carbonyl (C=O) groups excluding carboxylic acids is 2. The Morgan fingerprint density at radius 3 is 2.04 bits per heavy atom. The number of rotatable bonds is 6. The van der Waals surface area contributed by atoms with Gasteiger partial charge in [-0.25, -0.2) is 4.39 Å². The predicted molar refractivity (Wildman–Crippen MR) is 97.2 cm³/mol. The molecule has 1 aromatic carbocycles. The molecule has 7 heteroatoms. The third-order valence-electron chi connectivity index (χ3n) is 3.80. The molecule has 0 saturated heterocycles.